The maximum absolute atomic E-state index is 13.9. The van der Waals surface area contributed by atoms with E-state index in [9.17, 15) is 24.6 Å². The molecule has 9 heteroatoms. The van der Waals surface area contributed by atoms with Gasteiger partial charge < -0.3 is 20.0 Å². The highest BCUT2D eigenvalue weighted by atomic mass is 79.9. The zero-order valence-electron chi connectivity index (χ0n) is 18.0. The Morgan fingerprint density at radius 1 is 1.35 bits per heavy atom. The van der Waals surface area contributed by atoms with Crippen LogP contribution in [0, 0.1) is 11.8 Å². The lowest BCUT2D eigenvalue weighted by molar-refractivity contribution is -0.148. The molecule has 0 aromatic heterocycles. The maximum atomic E-state index is 13.9. The fraction of sp³-hybridized carbons (Fsp3) is 0.773. The number of carboxylic acids is 1. The van der Waals surface area contributed by atoms with Gasteiger partial charge in [0.1, 0.15) is 6.04 Å². The number of amides is 2. The van der Waals surface area contributed by atoms with Gasteiger partial charge in [-0.25, -0.2) is 0 Å². The van der Waals surface area contributed by atoms with Crippen LogP contribution in [0.3, 0.4) is 0 Å². The van der Waals surface area contributed by atoms with E-state index in [4.69, 9.17) is 0 Å². The normalized spacial score (nSPS) is 33.6. The van der Waals surface area contributed by atoms with Gasteiger partial charge in [-0.15, -0.1) is 18.3 Å². The molecule has 3 saturated heterocycles. The average molecular weight is 517 g/mol. The predicted molar refractivity (Wildman–Crippen MR) is 124 cm³/mol. The Bertz CT molecular complexity index is 722. The second-order valence-electron chi connectivity index (χ2n) is 8.74. The largest absolute Gasteiger partial charge is 0.481 e. The van der Waals surface area contributed by atoms with Crippen LogP contribution in [0.15, 0.2) is 12.7 Å². The molecule has 1 spiro atoms. The number of hydrogen-bond donors (Lipinski definition) is 2. The molecular formula is C22H33BrN2O5S. The molecule has 3 aliphatic heterocycles. The number of fused-ring (bicyclic) bond motifs is 1. The van der Waals surface area contributed by atoms with Crippen molar-refractivity contribution >= 4 is 45.5 Å². The quantitative estimate of drug-likeness (QED) is 0.235. The van der Waals surface area contributed by atoms with Crippen LogP contribution >= 0.6 is 27.7 Å². The minimum Gasteiger partial charge on any atom is -0.481 e. The van der Waals surface area contributed by atoms with Crippen molar-refractivity contribution in [3.63, 3.8) is 0 Å². The number of rotatable bonds is 12. The van der Waals surface area contributed by atoms with Crippen LogP contribution in [0.1, 0.15) is 45.4 Å². The highest BCUT2D eigenvalue weighted by molar-refractivity contribution is 9.09. The molecular weight excluding hydrogens is 484 g/mol. The van der Waals surface area contributed by atoms with Gasteiger partial charge in [0.25, 0.3) is 0 Å². The number of carbonyl (C=O) groups excluding carboxylic acids is 2. The van der Waals surface area contributed by atoms with E-state index in [0.717, 1.165) is 19.3 Å². The molecule has 3 heterocycles. The summed E-state index contributed by atoms with van der Waals surface area (Å²) in [7, 11) is 0. The van der Waals surface area contributed by atoms with Crippen LogP contribution in [0.25, 0.3) is 0 Å². The van der Waals surface area contributed by atoms with Crippen LogP contribution in [-0.2, 0) is 14.4 Å². The molecule has 0 radical (unpaired) electrons. The molecule has 3 rings (SSSR count). The number of thioether (sulfide) groups is 1. The SMILES string of the molecule is C=CCN(CCCCC)C(=O)C1N(CCCCO)C(=O)[C@@H]2[C@H](C(=O)O)[C@H]3SC12CC3Br. The van der Waals surface area contributed by atoms with E-state index in [1.807, 2.05) is 0 Å². The number of hydrogen-bond acceptors (Lipinski definition) is 5. The lowest BCUT2D eigenvalue weighted by atomic mass is 9.71. The van der Waals surface area contributed by atoms with Crippen molar-refractivity contribution in [2.45, 2.75) is 66.3 Å². The molecule has 3 unspecified atom stereocenters. The van der Waals surface area contributed by atoms with Gasteiger partial charge in [0.2, 0.25) is 11.8 Å². The smallest absolute Gasteiger partial charge is 0.308 e. The van der Waals surface area contributed by atoms with Crippen LogP contribution in [0.5, 0.6) is 0 Å². The molecule has 2 bridgehead atoms. The lowest BCUT2D eigenvalue weighted by Gasteiger charge is -2.37. The summed E-state index contributed by atoms with van der Waals surface area (Å²) in [5.74, 6) is -2.75. The number of unbranched alkanes of at least 4 members (excludes halogenated alkanes) is 3. The molecule has 3 fully saturated rings. The standard InChI is InChI=1S/C22H33BrN2O5S/c1-3-5-6-10-24(9-4-2)20(28)18-22-13-14(23)17(31-22)15(21(29)30)16(22)19(27)25(18)11-7-8-12-26/h4,14-18,26H,2-3,5-13H2,1H3,(H,29,30)/t14?,15-,16-,17-,18?,22?/m0/s1. The van der Waals surface area contributed by atoms with Crippen LogP contribution in [0.4, 0.5) is 0 Å². The Hall–Kier alpha value is -1.06. The van der Waals surface area contributed by atoms with Gasteiger partial charge in [-0.2, -0.15) is 0 Å². The third-order valence-corrected chi connectivity index (χ3v) is 10.0. The first-order valence-corrected chi connectivity index (χ1v) is 13.0. The first-order chi connectivity index (χ1) is 14.8. The first kappa shape index (κ1) is 24.6. The second-order valence-corrected chi connectivity index (χ2v) is 11.5. The number of aliphatic carboxylic acids is 1. The van der Waals surface area contributed by atoms with Gasteiger partial charge in [0.05, 0.1) is 16.6 Å². The Kier molecular flexibility index (Phi) is 8.13. The van der Waals surface area contributed by atoms with Crippen LogP contribution < -0.4 is 0 Å². The summed E-state index contributed by atoms with van der Waals surface area (Å²) < 4.78 is -0.723. The van der Waals surface area contributed by atoms with Crippen molar-refractivity contribution in [3.8, 4) is 0 Å². The van der Waals surface area contributed by atoms with Crippen LogP contribution in [-0.4, -0.2) is 84.9 Å². The van der Waals surface area contributed by atoms with Crippen molar-refractivity contribution in [2.24, 2.45) is 11.8 Å². The first-order valence-electron chi connectivity index (χ1n) is 11.2. The number of carboxylic acid groups (broad SMARTS) is 1. The van der Waals surface area contributed by atoms with Crippen molar-refractivity contribution < 1.29 is 24.6 Å². The number of halogens is 1. The third kappa shape index (κ3) is 4.29. The molecule has 2 amide bonds. The van der Waals surface area contributed by atoms with Gasteiger partial charge in [-0.05, 0) is 25.7 Å². The second kappa shape index (κ2) is 10.3. The van der Waals surface area contributed by atoms with E-state index < -0.39 is 28.6 Å². The highest BCUT2D eigenvalue weighted by Gasteiger charge is 2.75. The van der Waals surface area contributed by atoms with Crippen LogP contribution in [0.2, 0.25) is 0 Å². The van der Waals surface area contributed by atoms with E-state index >= 15 is 0 Å². The monoisotopic (exact) mass is 516 g/mol. The minimum absolute atomic E-state index is 0.0207. The third-order valence-electron chi connectivity index (χ3n) is 6.81. The summed E-state index contributed by atoms with van der Waals surface area (Å²) in [5.41, 5.74) is 0. The zero-order valence-corrected chi connectivity index (χ0v) is 20.4. The Morgan fingerprint density at radius 3 is 2.71 bits per heavy atom. The van der Waals surface area contributed by atoms with Crippen molar-refractivity contribution in [3.05, 3.63) is 12.7 Å². The molecule has 0 aliphatic carbocycles. The van der Waals surface area contributed by atoms with E-state index in [-0.39, 0.29) is 28.5 Å². The molecule has 6 atom stereocenters. The number of aliphatic hydroxyl groups is 1. The fourth-order valence-corrected chi connectivity index (χ4v) is 9.10. The van der Waals surface area contributed by atoms with E-state index in [1.54, 1.807) is 15.9 Å². The van der Waals surface area contributed by atoms with E-state index in [2.05, 4.69) is 29.4 Å². The number of carbonyl (C=O) groups is 3. The molecule has 2 N–H and O–H groups in total. The topological polar surface area (TPSA) is 98.2 Å². The van der Waals surface area contributed by atoms with Gasteiger partial charge in [-0.3, -0.25) is 14.4 Å². The molecule has 7 nitrogen and oxygen atoms in total. The van der Waals surface area contributed by atoms with Gasteiger partial charge >= 0.3 is 5.97 Å². The Morgan fingerprint density at radius 2 is 2.10 bits per heavy atom. The molecule has 174 valence electrons. The minimum atomic E-state index is -0.962. The molecule has 31 heavy (non-hydrogen) atoms. The molecule has 0 aromatic rings. The lowest BCUT2D eigenvalue weighted by Crippen LogP contribution is -2.55. The molecule has 0 aromatic carbocycles. The summed E-state index contributed by atoms with van der Waals surface area (Å²) in [6.45, 7) is 7.29. The highest BCUT2D eigenvalue weighted by Crippen LogP contribution is 2.67. The Balaban J connectivity index is 1.97. The maximum Gasteiger partial charge on any atom is 0.308 e. The van der Waals surface area contributed by atoms with Gasteiger partial charge in [0, 0.05) is 36.3 Å². The van der Waals surface area contributed by atoms with Crippen molar-refractivity contribution in [2.75, 3.05) is 26.2 Å². The predicted octanol–water partition coefficient (Wildman–Crippen LogP) is 2.51. The summed E-state index contributed by atoms with van der Waals surface area (Å²) in [5, 5.41) is 18.9. The number of aliphatic hydroxyl groups excluding tert-OH is 1. The number of likely N-dealkylation sites (tertiary alicyclic amines) is 1. The van der Waals surface area contributed by atoms with Gasteiger partial charge in [-0.1, -0.05) is 41.8 Å². The fourth-order valence-electron chi connectivity index (χ4n) is 5.50. The number of nitrogens with zero attached hydrogens (tertiary/aromatic N) is 2. The van der Waals surface area contributed by atoms with E-state index in [1.165, 1.54) is 11.8 Å². The Labute approximate surface area is 196 Å². The van der Waals surface area contributed by atoms with E-state index in [0.29, 0.717) is 38.9 Å². The average Bonchev–Trinajstić information content (AvgIpc) is 3.31. The molecule has 3 aliphatic rings. The summed E-state index contributed by atoms with van der Waals surface area (Å²) in [4.78, 5) is 42.9. The summed E-state index contributed by atoms with van der Waals surface area (Å²) >= 11 is 5.17. The van der Waals surface area contributed by atoms with Gasteiger partial charge in [0.15, 0.2) is 0 Å². The summed E-state index contributed by atoms with van der Waals surface area (Å²) in [6.07, 6.45) is 6.36. The zero-order chi connectivity index (χ0) is 22.8. The molecule has 0 saturated carbocycles. The summed E-state index contributed by atoms with van der Waals surface area (Å²) in [6, 6.07) is -0.676. The van der Waals surface area contributed by atoms with Crippen molar-refractivity contribution in [1.29, 1.82) is 0 Å². The number of alkyl halides is 1. The van der Waals surface area contributed by atoms with Crippen molar-refractivity contribution in [1.82, 2.24) is 9.80 Å².